The Bertz CT molecular complexity index is 181. The molecule has 4 heteroatoms. The molecule has 2 atom stereocenters. The van der Waals surface area contributed by atoms with Gasteiger partial charge in [-0.15, -0.1) is 0 Å². The Balaban J connectivity index is 2.55. The Morgan fingerprint density at radius 1 is 1.73 bits per heavy atom. The van der Waals surface area contributed by atoms with Crippen molar-refractivity contribution in [3.8, 4) is 0 Å². The molecular weight excluding hydrogens is 154 g/mol. The van der Waals surface area contributed by atoms with E-state index in [1.165, 1.54) is 14.0 Å². The Labute approximate surface area is 63.5 Å². The van der Waals surface area contributed by atoms with Crippen LogP contribution >= 0.6 is 0 Å². The van der Waals surface area contributed by atoms with E-state index < -0.39 is 23.7 Å². The molecule has 0 saturated heterocycles. The highest BCUT2D eigenvalue weighted by Gasteiger charge is 2.61. The van der Waals surface area contributed by atoms with Crippen molar-refractivity contribution in [2.75, 3.05) is 7.11 Å². The van der Waals surface area contributed by atoms with Gasteiger partial charge in [0.25, 0.3) is 0 Å². The molecule has 0 aromatic carbocycles. The van der Waals surface area contributed by atoms with Gasteiger partial charge in [-0.25, -0.2) is 8.78 Å². The van der Waals surface area contributed by atoms with E-state index in [0.29, 0.717) is 0 Å². The van der Waals surface area contributed by atoms with E-state index in [1.54, 1.807) is 0 Å². The van der Waals surface area contributed by atoms with E-state index in [4.69, 9.17) is 0 Å². The van der Waals surface area contributed by atoms with E-state index in [0.717, 1.165) is 0 Å². The molecule has 2 nitrogen and oxygen atoms in total. The first-order chi connectivity index (χ1) is 5.02. The molecule has 0 aliphatic heterocycles. The Morgan fingerprint density at radius 3 is 2.55 bits per heavy atom. The van der Waals surface area contributed by atoms with Crippen LogP contribution in [0.25, 0.3) is 0 Å². The molecule has 0 aromatic heterocycles. The summed E-state index contributed by atoms with van der Waals surface area (Å²) >= 11 is 0. The van der Waals surface area contributed by atoms with E-state index in [1.807, 2.05) is 0 Å². The van der Waals surface area contributed by atoms with Crippen molar-refractivity contribution in [3.05, 3.63) is 0 Å². The van der Waals surface area contributed by atoms with Gasteiger partial charge in [-0.05, 0) is 13.3 Å². The maximum atomic E-state index is 12.0. The Kier molecular flexibility index (Phi) is 1.86. The lowest BCUT2D eigenvalue weighted by molar-refractivity contribution is -0.147. The van der Waals surface area contributed by atoms with Crippen LogP contribution in [-0.2, 0) is 9.53 Å². The standard InChI is InChI=1S/C7H10F2O2/c1-7(6(10)11-2)3-4(7)5(8)9/h4-5H,3H2,1-2H3. The maximum Gasteiger partial charge on any atom is 0.312 e. The minimum atomic E-state index is -2.40. The number of methoxy groups -OCH3 is 1. The van der Waals surface area contributed by atoms with Crippen molar-refractivity contribution < 1.29 is 18.3 Å². The first kappa shape index (κ1) is 8.43. The topological polar surface area (TPSA) is 26.3 Å². The van der Waals surface area contributed by atoms with Gasteiger partial charge in [0.2, 0.25) is 6.43 Å². The third-order valence-corrected chi connectivity index (χ3v) is 2.26. The fourth-order valence-corrected chi connectivity index (χ4v) is 1.23. The smallest absolute Gasteiger partial charge is 0.312 e. The number of carbonyl (C=O) groups excluding carboxylic acids is 1. The molecule has 0 amide bonds. The number of esters is 1. The lowest BCUT2D eigenvalue weighted by atomic mass is 10.1. The molecule has 2 unspecified atom stereocenters. The van der Waals surface area contributed by atoms with Gasteiger partial charge in [0.15, 0.2) is 0 Å². The number of rotatable bonds is 2. The van der Waals surface area contributed by atoms with Crippen molar-refractivity contribution in [2.24, 2.45) is 11.3 Å². The number of hydrogen-bond acceptors (Lipinski definition) is 2. The van der Waals surface area contributed by atoms with Crippen LogP contribution in [0.1, 0.15) is 13.3 Å². The van der Waals surface area contributed by atoms with E-state index in [9.17, 15) is 13.6 Å². The summed E-state index contributed by atoms with van der Waals surface area (Å²) < 4.78 is 28.4. The third-order valence-electron chi connectivity index (χ3n) is 2.26. The predicted molar refractivity (Wildman–Crippen MR) is 34.2 cm³/mol. The molecule has 0 aromatic rings. The average Bonchev–Trinajstić information content (AvgIpc) is 2.62. The van der Waals surface area contributed by atoms with E-state index in [2.05, 4.69) is 4.74 Å². The highest BCUT2D eigenvalue weighted by atomic mass is 19.3. The zero-order valence-corrected chi connectivity index (χ0v) is 6.43. The molecule has 0 spiro atoms. The molecule has 0 N–H and O–H groups in total. The number of alkyl halides is 2. The zero-order chi connectivity index (χ0) is 8.65. The van der Waals surface area contributed by atoms with Gasteiger partial charge in [-0.3, -0.25) is 4.79 Å². The molecule has 1 aliphatic carbocycles. The summed E-state index contributed by atoms with van der Waals surface area (Å²) in [4.78, 5) is 10.9. The van der Waals surface area contributed by atoms with Gasteiger partial charge in [0, 0.05) is 5.92 Å². The van der Waals surface area contributed by atoms with Crippen LogP contribution in [0.2, 0.25) is 0 Å². The monoisotopic (exact) mass is 164 g/mol. The minimum Gasteiger partial charge on any atom is -0.469 e. The molecule has 0 bridgehead atoms. The first-order valence-corrected chi connectivity index (χ1v) is 3.39. The van der Waals surface area contributed by atoms with Crippen molar-refractivity contribution >= 4 is 5.97 Å². The molecule has 1 rings (SSSR count). The van der Waals surface area contributed by atoms with E-state index >= 15 is 0 Å². The van der Waals surface area contributed by atoms with Crippen molar-refractivity contribution in [1.82, 2.24) is 0 Å². The third kappa shape index (κ3) is 1.21. The molecule has 1 saturated carbocycles. The summed E-state index contributed by atoms with van der Waals surface area (Å²) in [6.07, 6.45) is -2.16. The summed E-state index contributed by atoms with van der Waals surface area (Å²) in [5, 5.41) is 0. The second-order valence-corrected chi connectivity index (χ2v) is 3.05. The van der Waals surface area contributed by atoms with Crippen LogP contribution in [0, 0.1) is 11.3 Å². The van der Waals surface area contributed by atoms with Crippen molar-refractivity contribution in [1.29, 1.82) is 0 Å². The number of carbonyl (C=O) groups is 1. The molecular formula is C7H10F2O2. The maximum absolute atomic E-state index is 12.0. The van der Waals surface area contributed by atoms with Crippen LogP contribution < -0.4 is 0 Å². The molecule has 11 heavy (non-hydrogen) atoms. The van der Waals surface area contributed by atoms with Crippen LogP contribution in [0.4, 0.5) is 8.78 Å². The van der Waals surface area contributed by atoms with Crippen molar-refractivity contribution in [3.63, 3.8) is 0 Å². The highest BCUT2D eigenvalue weighted by molar-refractivity contribution is 5.80. The van der Waals surface area contributed by atoms with Crippen LogP contribution in [0.5, 0.6) is 0 Å². The number of halogens is 2. The summed E-state index contributed by atoms with van der Waals surface area (Å²) in [5.41, 5.74) is -0.914. The van der Waals surface area contributed by atoms with E-state index in [-0.39, 0.29) is 6.42 Å². The summed E-state index contributed by atoms with van der Waals surface area (Å²) in [6, 6.07) is 0. The fourth-order valence-electron chi connectivity index (χ4n) is 1.23. The molecule has 0 radical (unpaired) electrons. The molecule has 64 valence electrons. The zero-order valence-electron chi connectivity index (χ0n) is 6.43. The van der Waals surface area contributed by atoms with Gasteiger partial charge < -0.3 is 4.74 Å². The minimum absolute atomic E-state index is 0.247. The number of hydrogen-bond donors (Lipinski definition) is 0. The quantitative estimate of drug-likeness (QED) is 0.577. The second kappa shape index (κ2) is 2.43. The molecule has 0 heterocycles. The van der Waals surface area contributed by atoms with Gasteiger partial charge in [0.1, 0.15) is 0 Å². The first-order valence-electron chi connectivity index (χ1n) is 3.39. The lowest BCUT2D eigenvalue weighted by Gasteiger charge is -2.06. The molecule has 1 fully saturated rings. The van der Waals surface area contributed by atoms with Gasteiger partial charge >= 0.3 is 5.97 Å². The highest BCUT2D eigenvalue weighted by Crippen LogP contribution is 2.55. The predicted octanol–water partition coefficient (Wildman–Crippen LogP) is 1.45. The fraction of sp³-hybridized carbons (Fsp3) is 0.857. The molecule has 1 aliphatic rings. The lowest BCUT2D eigenvalue weighted by Crippen LogP contribution is -2.18. The van der Waals surface area contributed by atoms with Gasteiger partial charge in [-0.2, -0.15) is 0 Å². The average molecular weight is 164 g/mol. The Morgan fingerprint density at radius 2 is 2.27 bits per heavy atom. The number of ether oxygens (including phenoxy) is 1. The SMILES string of the molecule is COC(=O)C1(C)CC1C(F)F. The van der Waals surface area contributed by atoms with Crippen LogP contribution in [0.3, 0.4) is 0 Å². The summed E-state index contributed by atoms with van der Waals surface area (Å²) in [7, 11) is 1.22. The second-order valence-electron chi connectivity index (χ2n) is 3.05. The van der Waals surface area contributed by atoms with Crippen LogP contribution in [-0.4, -0.2) is 19.5 Å². The van der Waals surface area contributed by atoms with Gasteiger partial charge in [-0.1, -0.05) is 0 Å². The van der Waals surface area contributed by atoms with Crippen molar-refractivity contribution in [2.45, 2.75) is 19.8 Å². The largest absolute Gasteiger partial charge is 0.469 e. The van der Waals surface area contributed by atoms with Gasteiger partial charge in [0.05, 0.1) is 12.5 Å². The summed E-state index contributed by atoms with van der Waals surface area (Å²) in [6.45, 7) is 1.51. The Hall–Kier alpha value is -0.670. The normalized spacial score (nSPS) is 35.5. The van der Waals surface area contributed by atoms with Crippen LogP contribution in [0.15, 0.2) is 0 Å². The summed E-state index contributed by atoms with van der Waals surface area (Å²) in [5.74, 6) is -1.32.